The molecule has 2 aromatic carbocycles. The van der Waals surface area contributed by atoms with Crippen molar-refractivity contribution in [2.75, 3.05) is 24.6 Å². The molecular formula is C23H28N2O5S. The number of benzene rings is 2. The highest BCUT2D eigenvalue weighted by molar-refractivity contribution is 7.86. The van der Waals surface area contributed by atoms with Crippen LogP contribution in [-0.4, -0.2) is 45.6 Å². The van der Waals surface area contributed by atoms with E-state index in [1.165, 1.54) is 0 Å². The maximum Gasteiger partial charge on any atom is 0.253 e. The molecule has 2 aliphatic rings. The molecule has 2 aliphatic heterocycles. The number of nitrogens with one attached hydrogen (secondary N) is 1. The zero-order chi connectivity index (χ0) is 22.0. The van der Waals surface area contributed by atoms with Crippen molar-refractivity contribution < 1.29 is 23.6 Å². The number of anilines is 1. The van der Waals surface area contributed by atoms with Crippen LogP contribution in [-0.2, 0) is 11.0 Å². The molecule has 1 amide bonds. The molecule has 1 saturated heterocycles. The summed E-state index contributed by atoms with van der Waals surface area (Å²) >= 11 is 0. The van der Waals surface area contributed by atoms with Gasteiger partial charge in [-0.05, 0) is 61.6 Å². The zero-order valence-electron chi connectivity index (χ0n) is 17.8. The molecule has 1 unspecified atom stereocenters. The molecule has 8 heteroatoms. The monoisotopic (exact) mass is 444 g/mol. The Labute approximate surface area is 184 Å². The average molecular weight is 445 g/mol. The van der Waals surface area contributed by atoms with Gasteiger partial charge in [-0.3, -0.25) is 4.79 Å². The van der Waals surface area contributed by atoms with E-state index in [0.29, 0.717) is 59.5 Å². The lowest BCUT2D eigenvalue weighted by Crippen LogP contribution is -2.47. The van der Waals surface area contributed by atoms with Gasteiger partial charge in [0.2, 0.25) is 6.79 Å². The van der Waals surface area contributed by atoms with Gasteiger partial charge in [0.15, 0.2) is 22.5 Å². The summed E-state index contributed by atoms with van der Waals surface area (Å²) in [4.78, 5) is 15.2. The number of fused-ring (bicyclic) bond motifs is 1. The zero-order valence-corrected chi connectivity index (χ0v) is 18.6. The number of piperidine rings is 1. The van der Waals surface area contributed by atoms with Crippen LogP contribution in [0.2, 0.25) is 0 Å². The van der Waals surface area contributed by atoms with Crippen molar-refractivity contribution >= 4 is 22.6 Å². The number of para-hydroxylation sites is 1. The Balaban J connectivity index is 1.37. The molecule has 0 aromatic heterocycles. The maximum atomic E-state index is 12.8. The van der Waals surface area contributed by atoms with E-state index in [4.69, 9.17) is 9.47 Å². The van der Waals surface area contributed by atoms with Gasteiger partial charge in [-0.25, -0.2) is 4.21 Å². The fourth-order valence-electron chi connectivity index (χ4n) is 4.17. The third-order valence-corrected chi connectivity index (χ3v) is 6.81. The molecule has 0 radical (unpaired) electrons. The summed E-state index contributed by atoms with van der Waals surface area (Å²) in [5.41, 5.74) is 0.536. The molecule has 0 spiro atoms. The molecule has 166 valence electrons. The van der Waals surface area contributed by atoms with Crippen molar-refractivity contribution in [2.24, 2.45) is 5.92 Å². The van der Waals surface area contributed by atoms with E-state index in [9.17, 15) is 14.1 Å². The quantitative estimate of drug-likeness (QED) is 0.711. The Bertz CT molecular complexity index is 968. The van der Waals surface area contributed by atoms with Crippen LogP contribution in [0.5, 0.6) is 11.5 Å². The molecule has 2 N–H and O–H groups in total. The highest BCUT2D eigenvalue weighted by atomic mass is 32.2. The summed E-state index contributed by atoms with van der Waals surface area (Å²) in [6.45, 7) is 5.42. The SMILES string of the molecule is CC(C)CC1(O)CCN(C(=O)c2ccc(NS(=O)c3cccc4c3OCO4)cc2)CC1. The minimum absolute atomic E-state index is 0.0503. The Hall–Kier alpha value is -2.58. The van der Waals surface area contributed by atoms with Crippen molar-refractivity contribution in [3.63, 3.8) is 0 Å². The molecule has 2 heterocycles. The van der Waals surface area contributed by atoms with E-state index in [1.807, 2.05) is 0 Å². The second-order valence-electron chi connectivity index (χ2n) is 8.55. The minimum atomic E-state index is -1.53. The standard InChI is InChI=1S/C23H28N2O5S/c1-16(2)14-23(27)10-12-25(13-11-23)22(26)17-6-8-18(9-7-17)24-31(28)20-5-3-4-19-21(20)30-15-29-19/h3-9,16,24,27H,10-15H2,1-2H3. The van der Waals surface area contributed by atoms with Crippen LogP contribution in [0.1, 0.15) is 43.5 Å². The maximum absolute atomic E-state index is 12.8. The van der Waals surface area contributed by atoms with Crippen molar-refractivity contribution in [1.29, 1.82) is 0 Å². The first-order valence-corrected chi connectivity index (χ1v) is 11.7. The fourth-order valence-corrected chi connectivity index (χ4v) is 5.16. The lowest BCUT2D eigenvalue weighted by molar-refractivity contribution is -0.0311. The van der Waals surface area contributed by atoms with Crippen LogP contribution in [0.3, 0.4) is 0 Å². The summed E-state index contributed by atoms with van der Waals surface area (Å²) < 4.78 is 26.4. The molecule has 1 fully saturated rings. The Morgan fingerprint density at radius 2 is 1.87 bits per heavy atom. The van der Waals surface area contributed by atoms with Crippen molar-refractivity contribution in [3.05, 3.63) is 48.0 Å². The molecule has 4 rings (SSSR count). The predicted octanol–water partition coefficient (Wildman–Crippen LogP) is 3.56. The highest BCUT2D eigenvalue weighted by Crippen LogP contribution is 2.37. The van der Waals surface area contributed by atoms with Gasteiger partial charge in [0.25, 0.3) is 5.91 Å². The molecular weight excluding hydrogens is 416 g/mol. The smallest absolute Gasteiger partial charge is 0.253 e. The van der Waals surface area contributed by atoms with Crippen LogP contribution in [0.15, 0.2) is 47.4 Å². The van der Waals surface area contributed by atoms with E-state index in [0.717, 1.165) is 6.42 Å². The summed E-state index contributed by atoms with van der Waals surface area (Å²) in [6, 6.07) is 12.2. The van der Waals surface area contributed by atoms with E-state index in [2.05, 4.69) is 18.6 Å². The van der Waals surface area contributed by atoms with Gasteiger partial charge < -0.3 is 24.2 Å². The number of nitrogens with zero attached hydrogens (tertiary/aromatic N) is 1. The molecule has 2 aromatic rings. The summed E-state index contributed by atoms with van der Waals surface area (Å²) in [5, 5.41) is 10.7. The fraction of sp³-hybridized carbons (Fsp3) is 0.435. The Morgan fingerprint density at radius 1 is 1.16 bits per heavy atom. The number of aliphatic hydroxyl groups is 1. The van der Waals surface area contributed by atoms with Gasteiger partial charge >= 0.3 is 0 Å². The molecule has 31 heavy (non-hydrogen) atoms. The highest BCUT2D eigenvalue weighted by Gasteiger charge is 2.34. The Morgan fingerprint density at radius 3 is 2.55 bits per heavy atom. The van der Waals surface area contributed by atoms with Crippen LogP contribution in [0, 0.1) is 5.92 Å². The van der Waals surface area contributed by atoms with Gasteiger partial charge in [0, 0.05) is 24.3 Å². The van der Waals surface area contributed by atoms with Gasteiger partial charge in [-0.2, -0.15) is 0 Å². The molecule has 7 nitrogen and oxygen atoms in total. The lowest BCUT2D eigenvalue weighted by Gasteiger charge is -2.39. The van der Waals surface area contributed by atoms with E-state index < -0.39 is 16.6 Å². The number of rotatable bonds is 6. The summed E-state index contributed by atoms with van der Waals surface area (Å²) in [6.07, 6.45) is 1.96. The van der Waals surface area contributed by atoms with E-state index >= 15 is 0 Å². The van der Waals surface area contributed by atoms with Gasteiger partial charge in [-0.1, -0.05) is 19.9 Å². The predicted molar refractivity (Wildman–Crippen MR) is 119 cm³/mol. The third kappa shape index (κ3) is 4.85. The molecule has 0 bridgehead atoms. The normalized spacial score (nSPS) is 18.1. The Kier molecular flexibility index (Phi) is 6.20. The van der Waals surface area contributed by atoms with E-state index in [-0.39, 0.29) is 12.7 Å². The summed E-state index contributed by atoms with van der Waals surface area (Å²) in [5.74, 6) is 1.44. The van der Waals surface area contributed by atoms with Crippen LogP contribution in [0.4, 0.5) is 5.69 Å². The molecule has 1 atom stereocenters. The van der Waals surface area contributed by atoms with Crippen molar-refractivity contribution in [1.82, 2.24) is 4.90 Å². The number of ether oxygens (including phenoxy) is 2. The number of hydrogen-bond acceptors (Lipinski definition) is 5. The average Bonchev–Trinajstić information content (AvgIpc) is 3.22. The van der Waals surface area contributed by atoms with E-state index in [1.54, 1.807) is 47.4 Å². The van der Waals surface area contributed by atoms with Gasteiger partial charge in [0.1, 0.15) is 4.90 Å². The number of carbonyl (C=O) groups is 1. The first kappa shape index (κ1) is 21.6. The first-order chi connectivity index (χ1) is 14.8. The topological polar surface area (TPSA) is 88.1 Å². The molecule has 0 aliphatic carbocycles. The van der Waals surface area contributed by atoms with Gasteiger partial charge in [0.05, 0.1) is 5.60 Å². The van der Waals surface area contributed by atoms with Crippen LogP contribution in [0.25, 0.3) is 0 Å². The van der Waals surface area contributed by atoms with Gasteiger partial charge in [-0.15, -0.1) is 0 Å². The number of likely N-dealkylation sites (tertiary alicyclic amines) is 1. The third-order valence-electron chi connectivity index (χ3n) is 5.67. The molecule has 0 saturated carbocycles. The van der Waals surface area contributed by atoms with Crippen LogP contribution < -0.4 is 14.2 Å². The largest absolute Gasteiger partial charge is 0.454 e. The number of amides is 1. The van der Waals surface area contributed by atoms with Crippen molar-refractivity contribution in [3.8, 4) is 11.5 Å². The number of carbonyl (C=O) groups excluding carboxylic acids is 1. The van der Waals surface area contributed by atoms with Crippen molar-refractivity contribution in [2.45, 2.75) is 43.6 Å². The number of hydrogen-bond donors (Lipinski definition) is 2. The second-order valence-corrected chi connectivity index (χ2v) is 9.73. The first-order valence-electron chi connectivity index (χ1n) is 10.5. The van der Waals surface area contributed by atoms with Crippen LogP contribution >= 0.6 is 0 Å². The minimum Gasteiger partial charge on any atom is -0.454 e. The summed E-state index contributed by atoms with van der Waals surface area (Å²) in [7, 11) is -1.53. The second kappa shape index (κ2) is 8.88. The lowest BCUT2D eigenvalue weighted by atomic mass is 9.84.